The van der Waals surface area contributed by atoms with E-state index in [0.717, 1.165) is 22.3 Å². The first kappa shape index (κ1) is 12.2. The van der Waals surface area contributed by atoms with Gasteiger partial charge in [-0.1, -0.05) is 41.9 Å². The van der Waals surface area contributed by atoms with Crippen LogP contribution >= 0.6 is 11.6 Å². The number of furan rings is 1. The molecule has 1 aromatic heterocycles. The number of halogens is 1. The fourth-order valence-electron chi connectivity index (χ4n) is 2.14. The number of hydrogen-bond donors (Lipinski definition) is 2. The fourth-order valence-corrected chi connectivity index (χ4v) is 2.27. The van der Waals surface area contributed by atoms with E-state index in [1.54, 1.807) is 0 Å². The van der Waals surface area contributed by atoms with E-state index in [1.807, 2.05) is 54.6 Å². The van der Waals surface area contributed by atoms with Crippen LogP contribution in [0.5, 0.6) is 0 Å². The maximum absolute atomic E-state index is 5.89. The Morgan fingerprint density at radius 2 is 1.79 bits per heavy atom. The van der Waals surface area contributed by atoms with Crippen molar-refractivity contribution in [2.75, 3.05) is 0 Å². The molecule has 19 heavy (non-hydrogen) atoms. The third-order valence-electron chi connectivity index (χ3n) is 3.10. The molecular weight excluding hydrogens is 260 g/mol. The van der Waals surface area contributed by atoms with Crippen molar-refractivity contribution in [3.05, 3.63) is 70.9 Å². The normalized spacial score (nSPS) is 12.7. The molecule has 3 nitrogen and oxygen atoms in total. The zero-order valence-corrected chi connectivity index (χ0v) is 10.9. The Bertz CT molecular complexity index is 658. The minimum atomic E-state index is -0.190. The SMILES string of the molecule is NN[C@@H](c1ccc(Cl)cc1)c1cc2ccccc2o1. The van der Waals surface area contributed by atoms with Crippen molar-refractivity contribution >= 4 is 22.6 Å². The lowest BCUT2D eigenvalue weighted by Crippen LogP contribution is -2.28. The second-order valence-electron chi connectivity index (χ2n) is 4.34. The first-order chi connectivity index (χ1) is 9.28. The Balaban J connectivity index is 2.04. The molecule has 0 aliphatic heterocycles. The minimum Gasteiger partial charge on any atom is -0.459 e. The van der Waals surface area contributed by atoms with Crippen molar-refractivity contribution in [1.82, 2.24) is 5.43 Å². The molecule has 0 amide bonds. The molecule has 1 heterocycles. The summed E-state index contributed by atoms with van der Waals surface area (Å²) in [5, 5.41) is 1.76. The van der Waals surface area contributed by atoms with Gasteiger partial charge in [0.25, 0.3) is 0 Å². The van der Waals surface area contributed by atoms with E-state index < -0.39 is 0 Å². The van der Waals surface area contributed by atoms with Crippen LogP contribution < -0.4 is 11.3 Å². The van der Waals surface area contributed by atoms with Gasteiger partial charge < -0.3 is 4.42 Å². The lowest BCUT2D eigenvalue weighted by Gasteiger charge is -2.13. The minimum absolute atomic E-state index is 0.190. The van der Waals surface area contributed by atoms with Crippen LogP contribution in [0.3, 0.4) is 0 Å². The molecule has 3 N–H and O–H groups in total. The number of nitrogens with two attached hydrogens (primary N) is 1. The molecular formula is C15H13ClN2O. The summed E-state index contributed by atoms with van der Waals surface area (Å²) in [5.74, 6) is 6.44. The van der Waals surface area contributed by atoms with Crippen LogP contribution in [0.25, 0.3) is 11.0 Å². The molecule has 0 aliphatic carbocycles. The molecule has 2 aromatic carbocycles. The molecule has 1 atom stereocenters. The van der Waals surface area contributed by atoms with Crippen molar-refractivity contribution in [3.8, 4) is 0 Å². The number of hydrogen-bond acceptors (Lipinski definition) is 3. The molecule has 3 aromatic rings. The lowest BCUT2D eigenvalue weighted by molar-refractivity contribution is 0.477. The zero-order valence-electron chi connectivity index (χ0n) is 10.1. The maximum atomic E-state index is 5.89. The topological polar surface area (TPSA) is 51.2 Å². The van der Waals surface area contributed by atoms with Crippen LogP contribution in [0.1, 0.15) is 17.4 Å². The van der Waals surface area contributed by atoms with Crippen LogP contribution in [0.2, 0.25) is 5.02 Å². The van der Waals surface area contributed by atoms with Crippen molar-refractivity contribution in [1.29, 1.82) is 0 Å². The Kier molecular flexibility index (Phi) is 3.25. The fraction of sp³-hybridized carbons (Fsp3) is 0.0667. The smallest absolute Gasteiger partial charge is 0.134 e. The first-order valence-electron chi connectivity index (χ1n) is 5.98. The Hall–Kier alpha value is -1.81. The van der Waals surface area contributed by atoms with Crippen molar-refractivity contribution in [2.24, 2.45) is 5.84 Å². The molecule has 0 unspecified atom stereocenters. The van der Waals surface area contributed by atoms with Crippen LogP contribution in [-0.2, 0) is 0 Å². The van der Waals surface area contributed by atoms with Crippen molar-refractivity contribution in [3.63, 3.8) is 0 Å². The number of para-hydroxylation sites is 1. The highest BCUT2D eigenvalue weighted by Crippen LogP contribution is 2.28. The van der Waals surface area contributed by atoms with Crippen LogP contribution in [0.15, 0.2) is 59.0 Å². The molecule has 3 rings (SSSR count). The molecule has 0 saturated heterocycles. The van der Waals surface area contributed by atoms with Gasteiger partial charge in [-0.3, -0.25) is 5.84 Å². The number of hydrazine groups is 1. The molecule has 0 spiro atoms. The lowest BCUT2D eigenvalue weighted by atomic mass is 10.1. The highest BCUT2D eigenvalue weighted by atomic mass is 35.5. The second-order valence-corrected chi connectivity index (χ2v) is 4.77. The van der Waals surface area contributed by atoms with E-state index in [9.17, 15) is 0 Å². The van der Waals surface area contributed by atoms with Gasteiger partial charge in [-0.05, 0) is 29.8 Å². The van der Waals surface area contributed by atoms with Crippen LogP contribution in [0, 0.1) is 0 Å². The van der Waals surface area contributed by atoms with Gasteiger partial charge in [0.15, 0.2) is 0 Å². The van der Waals surface area contributed by atoms with Gasteiger partial charge in [-0.2, -0.15) is 0 Å². The summed E-state index contributed by atoms with van der Waals surface area (Å²) in [6.45, 7) is 0. The van der Waals surface area contributed by atoms with E-state index in [0.29, 0.717) is 5.02 Å². The van der Waals surface area contributed by atoms with Gasteiger partial charge in [0, 0.05) is 10.4 Å². The Labute approximate surface area is 115 Å². The molecule has 0 radical (unpaired) electrons. The summed E-state index contributed by atoms with van der Waals surface area (Å²) < 4.78 is 5.83. The maximum Gasteiger partial charge on any atom is 0.134 e. The average molecular weight is 273 g/mol. The summed E-state index contributed by atoms with van der Waals surface area (Å²) in [6.07, 6.45) is 0. The summed E-state index contributed by atoms with van der Waals surface area (Å²) >= 11 is 5.89. The number of fused-ring (bicyclic) bond motifs is 1. The molecule has 0 aliphatic rings. The predicted octanol–water partition coefficient (Wildman–Crippen LogP) is 3.64. The van der Waals surface area contributed by atoms with E-state index in [-0.39, 0.29) is 6.04 Å². The summed E-state index contributed by atoms with van der Waals surface area (Å²) in [6, 6.07) is 17.2. The van der Waals surface area contributed by atoms with Crippen molar-refractivity contribution in [2.45, 2.75) is 6.04 Å². The van der Waals surface area contributed by atoms with Gasteiger partial charge >= 0.3 is 0 Å². The third-order valence-corrected chi connectivity index (χ3v) is 3.35. The molecule has 0 saturated carbocycles. The predicted molar refractivity (Wildman–Crippen MR) is 76.8 cm³/mol. The van der Waals surface area contributed by atoms with Crippen LogP contribution in [0.4, 0.5) is 0 Å². The summed E-state index contributed by atoms with van der Waals surface area (Å²) in [7, 11) is 0. The first-order valence-corrected chi connectivity index (χ1v) is 6.36. The van der Waals surface area contributed by atoms with Gasteiger partial charge in [-0.25, -0.2) is 5.43 Å². The molecule has 0 fully saturated rings. The highest BCUT2D eigenvalue weighted by molar-refractivity contribution is 6.30. The third kappa shape index (κ3) is 2.36. The van der Waals surface area contributed by atoms with Gasteiger partial charge in [0.1, 0.15) is 17.4 Å². The quantitative estimate of drug-likeness (QED) is 0.565. The summed E-state index contributed by atoms with van der Waals surface area (Å²) in [5.41, 5.74) is 4.64. The van der Waals surface area contributed by atoms with Crippen LogP contribution in [-0.4, -0.2) is 0 Å². The molecule has 0 bridgehead atoms. The average Bonchev–Trinajstić information content (AvgIpc) is 2.85. The zero-order chi connectivity index (χ0) is 13.2. The van der Waals surface area contributed by atoms with E-state index in [2.05, 4.69) is 5.43 Å². The monoisotopic (exact) mass is 272 g/mol. The van der Waals surface area contributed by atoms with E-state index >= 15 is 0 Å². The highest BCUT2D eigenvalue weighted by Gasteiger charge is 2.16. The number of rotatable bonds is 3. The summed E-state index contributed by atoms with van der Waals surface area (Å²) in [4.78, 5) is 0. The van der Waals surface area contributed by atoms with E-state index in [1.165, 1.54) is 0 Å². The molecule has 96 valence electrons. The van der Waals surface area contributed by atoms with Crippen molar-refractivity contribution < 1.29 is 4.42 Å². The van der Waals surface area contributed by atoms with Gasteiger partial charge in [0.2, 0.25) is 0 Å². The largest absolute Gasteiger partial charge is 0.459 e. The van der Waals surface area contributed by atoms with Gasteiger partial charge in [0.05, 0.1) is 0 Å². The number of benzene rings is 2. The Morgan fingerprint density at radius 3 is 2.47 bits per heavy atom. The standard InChI is InChI=1S/C15H13ClN2O/c16-12-7-5-10(6-8-12)15(18-17)14-9-11-3-1-2-4-13(11)19-14/h1-9,15,18H,17H2/t15-/m0/s1. The van der Waals surface area contributed by atoms with E-state index in [4.69, 9.17) is 21.9 Å². The second kappa shape index (κ2) is 5.05. The Morgan fingerprint density at radius 1 is 1.05 bits per heavy atom. The van der Waals surface area contributed by atoms with Gasteiger partial charge in [-0.15, -0.1) is 0 Å². The molecule has 4 heteroatoms. The number of nitrogens with one attached hydrogen (secondary N) is 1.